The Morgan fingerprint density at radius 2 is 2.50 bits per heavy atom. The molecule has 0 rings (SSSR count). The minimum absolute atomic E-state index is 0.0694. The predicted octanol–water partition coefficient (Wildman–Crippen LogP) is 0.117. The summed E-state index contributed by atoms with van der Waals surface area (Å²) < 4.78 is 0. The van der Waals surface area contributed by atoms with E-state index in [0.717, 1.165) is 0 Å². The molecule has 1 unspecified atom stereocenters. The first-order valence-corrected chi connectivity index (χ1v) is 2.19. The fourth-order valence-corrected chi connectivity index (χ4v) is 0.250. The maximum absolute atomic E-state index is 9.99. The number of hydrogen-bond donors (Lipinski definition) is 1. The van der Waals surface area contributed by atoms with Gasteiger partial charge in [-0.3, -0.25) is 4.79 Å². The zero-order chi connectivity index (χ0) is 4.99. The molecule has 1 N–H and O–H groups in total. The van der Waals surface area contributed by atoms with E-state index in [1.807, 2.05) is 0 Å². The molecule has 1 amide bonds. The van der Waals surface area contributed by atoms with Gasteiger partial charge in [-0.2, -0.15) is 0 Å². The van der Waals surface area contributed by atoms with Gasteiger partial charge in [0.25, 0.3) is 0 Å². The maximum Gasteiger partial charge on any atom is 0.226 e. The van der Waals surface area contributed by atoms with Crippen LogP contribution in [0.1, 0.15) is 6.92 Å². The quantitative estimate of drug-likeness (QED) is 0.470. The number of amides is 1. The summed E-state index contributed by atoms with van der Waals surface area (Å²) in [5, 5.41) is 2.34. The average molecular weight is 104 g/mol. The highest BCUT2D eigenvalue weighted by molar-refractivity contribution is 7.15. The van der Waals surface area contributed by atoms with Crippen LogP contribution in [0.15, 0.2) is 0 Å². The van der Waals surface area contributed by atoms with Crippen LogP contribution >= 0.6 is 9.39 Å². The molecular weight excluding hydrogens is 97.0 g/mol. The first-order valence-electron chi connectivity index (χ1n) is 1.61. The Balaban J connectivity index is 2.99. The highest BCUT2D eigenvalue weighted by atomic mass is 31.0. The lowest BCUT2D eigenvalue weighted by Crippen LogP contribution is -2.08. The van der Waals surface area contributed by atoms with Crippen LogP contribution in [0.5, 0.6) is 0 Å². The summed E-state index contributed by atoms with van der Waals surface area (Å²) >= 11 is 0. The molecule has 0 aromatic rings. The van der Waals surface area contributed by atoms with Crippen molar-refractivity contribution in [3.05, 3.63) is 6.42 Å². The van der Waals surface area contributed by atoms with Gasteiger partial charge in [-0.25, -0.2) is 0 Å². The molecule has 0 fully saturated rings. The summed E-state index contributed by atoms with van der Waals surface area (Å²) in [7, 11) is 2.11. The Bertz CT molecular complexity index is 48.8. The zero-order valence-electron chi connectivity index (χ0n) is 3.56. The first-order chi connectivity index (χ1) is 2.81. The number of nitrogens with one attached hydrogen (secondary N) is 1. The van der Waals surface area contributed by atoms with E-state index in [-0.39, 0.29) is 5.91 Å². The molecule has 0 aromatic heterocycles. The summed E-state index contributed by atoms with van der Waals surface area (Å²) in [6.45, 7) is 1.68. The Kier molecular flexibility index (Phi) is 3.05. The topological polar surface area (TPSA) is 29.1 Å². The normalized spacial score (nSPS) is 7.67. The van der Waals surface area contributed by atoms with Crippen molar-refractivity contribution >= 4 is 15.3 Å². The van der Waals surface area contributed by atoms with Crippen LogP contribution in [-0.2, 0) is 4.79 Å². The fraction of sp³-hybridized carbons (Fsp3) is 0.333. The van der Waals surface area contributed by atoms with Crippen LogP contribution in [0.2, 0.25) is 0 Å². The van der Waals surface area contributed by atoms with Gasteiger partial charge in [0.2, 0.25) is 5.91 Å². The van der Waals surface area contributed by atoms with Gasteiger partial charge in [0.05, 0.1) is 0 Å². The molecule has 0 aliphatic rings. The molecule has 2 nitrogen and oxygen atoms in total. The first kappa shape index (κ1) is 5.90. The maximum atomic E-state index is 9.99. The van der Waals surface area contributed by atoms with Crippen molar-refractivity contribution in [1.82, 2.24) is 5.09 Å². The van der Waals surface area contributed by atoms with Gasteiger partial charge in [0.15, 0.2) is 0 Å². The molecule has 35 valence electrons. The van der Waals surface area contributed by atoms with Gasteiger partial charge in [-0.05, 0) is 9.39 Å². The fourth-order valence-electron chi connectivity index (χ4n) is 0.0833. The highest BCUT2D eigenvalue weighted by Crippen LogP contribution is 1.74. The zero-order valence-corrected chi connectivity index (χ0v) is 4.72. The van der Waals surface area contributed by atoms with E-state index in [1.54, 1.807) is 6.92 Å². The molecule has 0 aliphatic heterocycles. The SMILES string of the molecule is C[CH]C(=O)NP. The van der Waals surface area contributed by atoms with E-state index in [2.05, 4.69) is 14.5 Å². The molecule has 1 radical (unpaired) electrons. The Morgan fingerprint density at radius 1 is 2.00 bits per heavy atom. The largest absolute Gasteiger partial charge is 0.340 e. The van der Waals surface area contributed by atoms with Crippen LogP contribution in [0.25, 0.3) is 0 Å². The third-order valence-electron chi connectivity index (χ3n) is 0.404. The lowest BCUT2D eigenvalue weighted by Gasteiger charge is -1.86. The highest BCUT2D eigenvalue weighted by Gasteiger charge is 1.85. The Morgan fingerprint density at radius 3 is 2.50 bits per heavy atom. The van der Waals surface area contributed by atoms with Gasteiger partial charge in [0.1, 0.15) is 0 Å². The number of carbonyl (C=O) groups excluding carboxylic acids is 1. The monoisotopic (exact) mass is 104 g/mol. The third-order valence-corrected chi connectivity index (χ3v) is 0.689. The standard InChI is InChI=1S/C3H7NOP/c1-2-3(5)4-6/h2H,6H2,1H3,(H,4,5). The summed E-state index contributed by atoms with van der Waals surface area (Å²) in [6, 6.07) is 0. The lowest BCUT2D eigenvalue weighted by molar-refractivity contribution is -0.116. The molecule has 1 atom stereocenters. The second-order valence-corrected chi connectivity index (χ2v) is 1.09. The smallest absolute Gasteiger partial charge is 0.226 e. The van der Waals surface area contributed by atoms with Crippen LogP contribution in [-0.4, -0.2) is 5.91 Å². The summed E-state index contributed by atoms with van der Waals surface area (Å²) in [6.07, 6.45) is 1.45. The molecule has 0 spiro atoms. The van der Waals surface area contributed by atoms with Crippen LogP contribution in [0.4, 0.5) is 0 Å². The second-order valence-electron chi connectivity index (χ2n) is 0.797. The second kappa shape index (κ2) is 3.10. The Hall–Kier alpha value is -0.100. The van der Waals surface area contributed by atoms with Gasteiger partial charge in [-0.15, -0.1) is 0 Å². The minimum Gasteiger partial charge on any atom is -0.340 e. The van der Waals surface area contributed by atoms with Gasteiger partial charge >= 0.3 is 0 Å². The van der Waals surface area contributed by atoms with E-state index in [4.69, 9.17) is 0 Å². The minimum atomic E-state index is -0.0694. The molecule has 0 saturated carbocycles. The molecule has 0 heterocycles. The van der Waals surface area contributed by atoms with E-state index in [0.29, 0.717) is 0 Å². The molecule has 0 bridgehead atoms. The van der Waals surface area contributed by atoms with Gasteiger partial charge in [-0.1, -0.05) is 6.92 Å². The molecule has 0 aliphatic carbocycles. The van der Waals surface area contributed by atoms with Gasteiger partial charge < -0.3 is 5.09 Å². The van der Waals surface area contributed by atoms with Crippen molar-refractivity contribution in [3.63, 3.8) is 0 Å². The number of carbonyl (C=O) groups is 1. The lowest BCUT2D eigenvalue weighted by atomic mass is 10.5. The predicted molar refractivity (Wildman–Crippen MR) is 27.8 cm³/mol. The average Bonchev–Trinajstić information content (AvgIpc) is 1.65. The molecule has 0 saturated heterocycles. The van der Waals surface area contributed by atoms with Crippen LogP contribution < -0.4 is 5.09 Å². The Labute approximate surface area is 39.6 Å². The van der Waals surface area contributed by atoms with Crippen molar-refractivity contribution in [2.24, 2.45) is 0 Å². The number of hydrogen-bond acceptors (Lipinski definition) is 1. The summed E-state index contributed by atoms with van der Waals surface area (Å²) in [5.41, 5.74) is 0. The van der Waals surface area contributed by atoms with Crippen molar-refractivity contribution < 1.29 is 4.79 Å². The van der Waals surface area contributed by atoms with E-state index in [9.17, 15) is 4.79 Å². The molecule has 0 aromatic carbocycles. The molecule has 6 heavy (non-hydrogen) atoms. The van der Waals surface area contributed by atoms with E-state index in [1.165, 1.54) is 6.42 Å². The third kappa shape index (κ3) is 2.16. The van der Waals surface area contributed by atoms with Crippen LogP contribution in [0.3, 0.4) is 0 Å². The van der Waals surface area contributed by atoms with Crippen molar-refractivity contribution in [2.75, 3.05) is 0 Å². The van der Waals surface area contributed by atoms with Crippen molar-refractivity contribution in [2.45, 2.75) is 6.92 Å². The van der Waals surface area contributed by atoms with Crippen LogP contribution in [0, 0.1) is 6.42 Å². The van der Waals surface area contributed by atoms with E-state index >= 15 is 0 Å². The van der Waals surface area contributed by atoms with Gasteiger partial charge in [0, 0.05) is 6.42 Å². The summed E-state index contributed by atoms with van der Waals surface area (Å²) in [5.74, 6) is -0.0694. The van der Waals surface area contributed by atoms with E-state index < -0.39 is 0 Å². The molecular formula is C3H7NOP. The molecule has 3 heteroatoms. The van der Waals surface area contributed by atoms with Crippen molar-refractivity contribution in [3.8, 4) is 0 Å². The summed E-state index contributed by atoms with van der Waals surface area (Å²) in [4.78, 5) is 9.99. The number of rotatable bonds is 1. The van der Waals surface area contributed by atoms with Crippen molar-refractivity contribution in [1.29, 1.82) is 0 Å².